The Balaban J connectivity index is 0.00000192. The molecule has 126 valence electrons. The normalized spacial score (nSPS) is 22.3. The third-order valence-corrected chi connectivity index (χ3v) is 4.76. The molecule has 0 atom stereocenters. The minimum absolute atomic E-state index is 0. The van der Waals surface area contributed by atoms with Crippen LogP contribution in [0.15, 0.2) is 28.9 Å². The molecule has 2 N–H and O–H groups in total. The van der Waals surface area contributed by atoms with Gasteiger partial charge in [-0.1, -0.05) is 39.0 Å². The summed E-state index contributed by atoms with van der Waals surface area (Å²) in [6.07, 6.45) is 18.7. The first-order valence-electron chi connectivity index (χ1n) is 8.76. The standard InChI is InChI=1S/C19H27N3.ClH/c1-2-15-10-12-20-18(15)19-16(11-13-21-19)14-22-17-8-6-4-3-5-7-9-17;/h10-14,17,21-22H,2-9H2,1H3;1H. The quantitative estimate of drug-likeness (QED) is 0.874. The number of rotatable bonds is 3. The second-order valence-corrected chi connectivity index (χ2v) is 6.33. The van der Waals surface area contributed by atoms with E-state index in [0.29, 0.717) is 6.04 Å². The van der Waals surface area contributed by atoms with E-state index in [0.717, 1.165) is 17.5 Å². The van der Waals surface area contributed by atoms with Gasteiger partial charge in [0.25, 0.3) is 0 Å². The van der Waals surface area contributed by atoms with E-state index in [9.17, 15) is 0 Å². The zero-order valence-corrected chi connectivity index (χ0v) is 14.8. The zero-order chi connectivity index (χ0) is 15.2. The van der Waals surface area contributed by atoms with E-state index in [-0.39, 0.29) is 12.4 Å². The SMILES string of the molecule is CCC1=CC=NC1=c1[nH]ccc1=CNC1CCCCCCC1.Cl. The fourth-order valence-corrected chi connectivity index (χ4v) is 3.41. The molecular formula is C19H28ClN3. The molecule has 1 aliphatic carbocycles. The number of H-pyrrole nitrogens is 1. The Morgan fingerprint density at radius 1 is 1.22 bits per heavy atom. The second-order valence-electron chi connectivity index (χ2n) is 6.33. The van der Waals surface area contributed by atoms with Gasteiger partial charge in [0, 0.05) is 29.9 Å². The van der Waals surface area contributed by atoms with Crippen molar-refractivity contribution in [2.45, 2.75) is 64.3 Å². The third-order valence-electron chi connectivity index (χ3n) is 4.76. The van der Waals surface area contributed by atoms with Gasteiger partial charge in [-0.15, -0.1) is 12.4 Å². The van der Waals surface area contributed by atoms with E-state index in [1.165, 1.54) is 55.7 Å². The molecule has 0 aromatic carbocycles. The first-order chi connectivity index (χ1) is 10.9. The zero-order valence-electron chi connectivity index (χ0n) is 14.0. The second kappa shape index (κ2) is 8.97. The van der Waals surface area contributed by atoms with Crippen molar-refractivity contribution < 1.29 is 0 Å². The number of hydrogen-bond donors (Lipinski definition) is 2. The highest BCUT2D eigenvalue weighted by atomic mass is 35.5. The summed E-state index contributed by atoms with van der Waals surface area (Å²) in [5, 5.41) is 6.02. The molecule has 2 heterocycles. The van der Waals surface area contributed by atoms with Gasteiger partial charge in [0.2, 0.25) is 0 Å². The average molecular weight is 334 g/mol. The number of nitrogens with zero attached hydrogens (tertiary/aromatic N) is 1. The first kappa shape index (κ1) is 17.9. The van der Waals surface area contributed by atoms with Crippen molar-refractivity contribution in [3.63, 3.8) is 0 Å². The van der Waals surface area contributed by atoms with Crippen LogP contribution in [0.2, 0.25) is 0 Å². The smallest absolute Gasteiger partial charge is 0.0903 e. The van der Waals surface area contributed by atoms with Crippen LogP contribution in [0.1, 0.15) is 58.3 Å². The molecule has 4 heteroatoms. The van der Waals surface area contributed by atoms with E-state index in [2.05, 4.69) is 40.6 Å². The highest BCUT2D eigenvalue weighted by Crippen LogP contribution is 2.18. The molecule has 1 aliphatic heterocycles. The Hall–Kier alpha value is -1.48. The number of allylic oxidation sites excluding steroid dienone is 1. The first-order valence-corrected chi connectivity index (χ1v) is 8.76. The van der Waals surface area contributed by atoms with Gasteiger partial charge in [0.15, 0.2) is 0 Å². The highest BCUT2D eigenvalue weighted by molar-refractivity contribution is 5.89. The van der Waals surface area contributed by atoms with Crippen LogP contribution >= 0.6 is 12.4 Å². The maximum absolute atomic E-state index is 4.53. The largest absolute Gasteiger partial charge is 0.388 e. The Morgan fingerprint density at radius 2 is 1.96 bits per heavy atom. The molecule has 23 heavy (non-hydrogen) atoms. The van der Waals surface area contributed by atoms with Crippen molar-refractivity contribution in [3.8, 4) is 0 Å². The number of aromatic amines is 1. The van der Waals surface area contributed by atoms with Crippen LogP contribution in [0, 0.1) is 0 Å². The van der Waals surface area contributed by atoms with Gasteiger partial charge in [-0.2, -0.15) is 0 Å². The minimum Gasteiger partial charge on any atom is -0.388 e. The minimum atomic E-state index is 0. The van der Waals surface area contributed by atoms with Crippen molar-refractivity contribution in [2.24, 2.45) is 4.99 Å². The molecule has 0 radical (unpaired) electrons. The van der Waals surface area contributed by atoms with E-state index in [1.54, 1.807) is 0 Å². The average Bonchev–Trinajstić information content (AvgIpc) is 3.14. The summed E-state index contributed by atoms with van der Waals surface area (Å²) in [4.78, 5) is 7.89. The molecule has 3 rings (SSSR count). The topological polar surface area (TPSA) is 40.2 Å². The van der Waals surface area contributed by atoms with Crippen LogP contribution in [0.3, 0.4) is 0 Å². The number of halogens is 1. The number of nitrogens with one attached hydrogen (secondary N) is 2. The molecule has 1 aromatic rings. The van der Waals surface area contributed by atoms with Crippen LogP contribution in [0.5, 0.6) is 0 Å². The molecule has 0 spiro atoms. The molecule has 1 aromatic heterocycles. The summed E-state index contributed by atoms with van der Waals surface area (Å²) in [5.74, 6) is 0. The van der Waals surface area contributed by atoms with Crippen LogP contribution in [-0.2, 0) is 0 Å². The Labute approximate surface area is 145 Å². The van der Waals surface area contributed by atoms with Gasteiger partial charge < -0.3 is 10.3 Å². The summed E-state index contributed by atoms with van der Waals surface area (Å²) >= 11 is 0. The van der Waals surface area contributed by atoms with Crippen LogP contribution < -0.4 is 15.9 Å². The van der Waals surface area contributed by atoms with E-state index in [1.807, 2.05) is 12.4 Å². The van der Waals surface area contributed by atoms with E-state index in [4.69, 9.17) is 0 Å². The van der Waals surface area contributed by atoms with E-state index < -0.39 is 0 Å². The van der Waals surface area contributed by atoms with Crippen molar-refractivity contribution in [1.82, 2.24) is 10.3 Å². The third kappa shape index (κ3) is 4.51. The summed E-state index contributed by atoms with van der Waals surface area (Å²) in [6, 6.07) is 2.76. The Kier molecular flexibility index (Phi) is 6.97. The van der Waals surface area contributed by atoms with Crippen molar-refractivity contribution in [3.05, 3.63) is 34.5 Å². The molecule has 0 unspecified atom stereocenters. The van der Waals surface area contributed by atoms with Gasteiger partial charge in [-0.05, 0) is 37.0 Å². The molecular weight excluding hydrogens is 306 g/mol. The van der Waals surface area contributed by atoms with Crippen molar-refractivity contribution >= 4 is 30.5 Å². The van der Waals surface area contributed by atoms with Gasteiger partial charge in [-0.3, -0.25) is 4.99 Å². The molecule has 0 saturated heterocycles. The van der Waals surface area contributed by atoms with Crippen LogP contribution in [0.4, 0.5) is 0 Å². The monoisotopic (exact) mass is 333 g/mol. The molecule has 1 saturated carbocycles. The molecule has 0 amide bonds. The van der Waals surface area contributed by atoms with Gasteiger partial charge in [0.05, 0.1) is 11.0 Å². The van der Waals surface area contributed by atoms with E-state index >= 15 is 0 Å². The maximum Gasteiger partial charge on any atom is 0.0903 e. The molecule has 1 fully saturated rings. The summed E-state index contributed by atoms with van der Waals surface area (Å²) < 4.78 is 0. The number of hydrogen-bond acceptors (Lipinski definition) is 2. The number of aliphatic imine (C=N–C) groups is 1. The Bertz CT molecular complexity index is 661. The summed E-state index contributed by atoms with van der Waals surface area (Å²) in [6.45, 7) is 2.18. The lowest BCUT2D eigenvalue weighted by Crippen LogP contribution is -2.32. The lowest BCUT2D eigenvalue weighted by molar-refractivity contribution is 0.427. The lowest BCUT2D eigenvalue weighted by Gasteiger charge is -2.19. The van der Waals surface area contributed by atoms with Gasteiger partial charge in [0.1, 0.15) is 0 Å². The number of aromatic nitrogens is 1. The molecule has 0 bridgehead atoms. The lowest BCUT2D eigenvalue weighted by atomic mass is 9.97. The van der Waals surface area contributed by atoms with Gasteiger partial charge >= 0.3 is 0 Å². The van der Waals surface area contributed by atoms with Crippen LogP contribution in [0.25, 0.3) is 11.9 Å². The Morgan fingerprint density at radius 3 is 2.70 bits per heavy atom. The highest BCUT2D eigenvalue weighted by Gasteiger charge is 2.10. The van der Waals surface area contributed by atoms with Gasteiger partial charge in [-0.25, -0.2) is 0 Å². The molecule has 3 nitrogen and oxygen atoms in total. The van der Waals surface area contributed by atoms with Crippen molar-refractivity contribution in [1.29, 1.82) is 0 Å². The predicted molar refractivity (Wildman–Crippen MR) is 101 cm³/mol. The fraction of sp³-hybridized carbons (Fsp3) is 0.526. The van der Waals surface area contributed by atoms with Crippen LogP contribution in [-0.4, -0.2) is 17.2 Å². The fourth-order valence-electron chi connectivity index (χ4n) is 3.41. The van der Waals surface area contributed by atoms with Crippen molar-refractivity contribution in [2.75, 3.05) is 0 Å². The summed E-state index contributed by atoms with van der Waals surface area (Å²) in [7, 11) is 0. The molecule has 2 aliphatic rings. The summed E-state index contributed by atoms with van der Waals surface area (Å²) in [5.41, 5.74) is 2.40. The maximum atomic E-state index is 4.53. The predicted octanol–water partition coefficient (Wildman–Crippen LogP) is 3.41.